The maximum absolute atomic E-state index is 10.0. The highest BCUT2D eigenvalue weighted by Crippen LogP contribution is 2.21. The number of rotatable bonds is 10. The van der Waals surface area contributed by atoms with Crippen molar-refractivity contribution < 1.29 is 10.2 Å². The molecule has 2 heteroatoms. The van der Waals surface area contributed by atoms with Crippen molar-refractivity contribution in [1.29, 1.82) is 0 Å². The maximum atomic E-state index is 10.0. The predicted molar refractivity (Wildman–Crippen MR) is 69.5 cm³/mol. The highest BCUT2D eigenvalue weighted by Gasteiger charge is 2.23. The Hall–Kier alpha value is -0.0800. The summed E-state index contributed by atoms with van der Waals surface area (Å²) >= 11 is 0. The molecule has 0 aromatic heterocycles. The molecule has 98 valence electrons. The Morgan fingerprint density at radius 3 is 2.00 bits per heavy atom. The van der Waals surface area contributed by atoms with Crippen LogP contribution in [0.25, 0.3) is 0 Å². The summed E-state index contributed by atoms with van der Waals surface area (Å²) in [6.45, 7) is 6.35. The first-order valence-electron chi connectivity index (χ1n) is 7.03. The maximum Gasteiger partial charge on any atom is 0.0827 e. The van der Waals surface area contributed by atoms with Crippen molar-refractivity contribution in [2.75, 3.05) is 0 Å². The van der Waals surface area contributed by atoms with Gasteiger partial charge in [0.25, 0.3) is 0 Å². The van der Waals surface area contributed by atoms with Crippen molar-refractivity contribution in [3.8, 4) is 0 Å². The van der Waals surface area contributed by atoms with Gasteiger partial charge in [-0.1, -0.05) is 59.3 Å². The van der Waals surface area contributed by atoms with E-state index in [1.165, 1.54) is 25.7 Å². The minimum absolute atomic E-state index is 0.276. The van der Waals surface area contributed by atoms with Gasteiger partial charge in [0, 0.05) is 0 Å². The fourth-order valence-corrected chi connectivity index (χ4v) is 2.23. The minimum Gasteiger partial charge on any atom is -0.390 e. The lowest BCUT2D eigenvalue weighted by Gasteiger charge is -2.25. The average Bonchev–Trinajstić information content (AvgIpc) is 2.29. The quantitative estimate of drug-likeness (QED) is 0.564. The summed E-state index contributed by atoms with van der Waals surface area (Å²) in [5.74, 6) is 0.276. The lowest BCUT2D eigenvalue weighted by molar-refractivity contribution is -0.0252. The molecule has 3 unspecified atom stereocenters. The first-order valence-corrected chi connectivity index (χ1v) is 7.03. The average molecular weight is 230 g/mol. The third kappa shape index (κ3) is 6.49. The number of aliphatic hydroxyl groups is 2. The molecule has 0 amide bonds. The van der Waals surface area contributed by atoms with Crippen molar-refractivity contribution in [3.05, 3.63) is 0 Å². The predicted octanol–water partition coefficient (Wildman–Crippen LogP) is 3.50. The van der Waals surface area contributed by atoms with Crippen LogP contribution in [0.4, 0.5) is 0 Å². The Morgan fingerprint density at radius 1 is 0.812 bits per heavy atom. The van der Waals surface area contributed by atoms with Crippen LogP contribution in [0.2, 0.25) is 0 Å². The van der Waals surface area contributed by atoms with Crippen molar-refractivity contribution in [2.45, 2.75) is 84.3 Å². The van der Waals surface area contributed by atoms with Crippen LogP contribution in [-0.4, -0.2) is 22.4 Å². The molecule has 16 heavy (non-hydrogen) atoms. The molecular formula is C14H30O2. The Balaban J connectivity index is 3.86. The van der Waals surface area contributed by atoms with E-state index in [-0.39, 0.29) is 5.92 Å². The number of hydrogen-bond acceptors (Lipinski definition) is 2. The summed E-state index contributed by atoms with van der Waals surface area (Å²) < 4.78 is 0. The minimum atomic E-state index is -0.527. The van der Waals surface area contributed by atoms with Gasteiger partial charge in [-0.3, -0.25) is 0 Å². The van der Waals surface area contributed by atoms with Gasteiger partial charge < -0.3 is 10.2 Å². The van der Waals surface area contributed by atoms with E-state index in [9.17, 15) is 10.2 Å². The van der Waals surface area contributed by atoms with E-state index >= 15 is 0 Å². The topological polar surface area (TPSA) is 40.5 Å². The van der Waals surface area contributed by atoms with E-state index in [1.807, 2.05) is 6.92 Å². The molecule has 0 saturated carbocycles. The first kappa shape index (κ1) is 15.9. The van der Waals surface area contributed by atoms with Gasteiger partial charge in [-0.2, -0.15) is 0 Å². The lowest BCUT2D eigenvalue weighted by Crippen LogP contribution is -2.33. The van der Waals surface area contributed by atoms with Gasteiger partial charge in [0.1, 0.15) is 0 Å². The molecule has 0 saturated heterocycles. The molecule has 0 aliphatic carbocycles. The molecule has 0 aromatic rings. The van der Waals surface area contributed by atoms with Crippen LogP contribution >= 0.6 is 0 Å². The molecule has 0 aliphatic rings. The second-order valence-electron chi connectivity index (χ2n) is 4.86. The fourth-order valence-electron chi connectivity index (χ4n) is 2.23. The monoisotopic (exact) mass is 230 g/mol. The van der Waals surface area contributed by atoms with Gasteiger partial charge in [-0.25, -0.2) is 0 Å². The highest BCUT2D eigenvalue weighted by molar-refractivity contribution is 4.75. The summed E-state index contributed by atoms with van der Waals surface area (Å²) in [5, 5.41) is 19.8. The fraction of sp³-hybridized carbons (Fsp3) is 1.00. The van der Waals surface area contributed by atoms with Crippen LogP contribution in [0.5, 0.6) is 0 Å². The number of aliphatic hydroxyl groups excluding tert-OH is 2. The molecular weight excluding hydrogens is 200 g/mol. The van der Waals surface area contributed by atoms with Crippen LogP contribution in [0.1, 0.15) is 72.1 Å². The molecule has 0 aliphatic heterocycles. The van der Waals surface area contributed by atoms with Crippen LogP contribution in [-0.2, 0) is 0 Å². The van der Waals surface area contributed by atoms with E-state index < -0.39 is 12.2 Å². The zero-order valence-corrected chi connectivity index (χ0v) is 11.3. The summed E-state index contributed by atoms with van der Waals surface area (Å²) in [4.78, 5) is 0. The standard InChI is InChI=1S/C14H30O2/c1-4-7-8-9-11-12(6-3)14(16)13(15)10-5-2/h12-16H,4-11H2,1-3H3. The van der Waals surface area contributed by atoms with Crippen molar-refractivity contribution in [1.82, 2.24) is 0 Å². The van der Waals surface area contributed by atoms with Gasteiger partial charge >= 0.3 is 0 Å². The van der Waals surface area contributed by atoms with E-state index in [1.54, 1.807) is 0 Å². The second kappa shape index (κ2) is 10.1. The molecule has 0 rings (SSSR count). The van der Waals surface area contributed by atoms with Gasteiger partial charge in [-0.15, -0.1) is 0 Å². The zero-order valence-electron chi connectivity index (χ0n) is 11.3. The zero-order chi connectivity index (χ0) is 12.4. The molecule has 3 atom stereocenters. The van der Waals surface area contributed by atoms with E-state index in [0.29, 0.717) is 6.42 Å². The van der Waals surface area contributed by atoms with Crippen LogP contribution in [0.15, 0.2) is 0 Å². The van der Waals surface area contributed by atoms with Crippen LogP contribution in [0, 0.1) is 5.92 Å². The summed E-state index contributed by atoms with van der Waals surface area (Å²) in [5.41, 5.74) is 0. The van der Waals surface area contributed by atoms with Crippen molar-refractivity contribution in [3.63, 3.8) is 0 Å². The number of hydrogen-bond donors (Lipinski definition) is 2. The first-order chi connectivity index (χ1) is 7.67. The summed E-state index contributed by atoms with van der Waals surface area (Å²) in [6, 6.07) is 0. The molecule has 0 radical (unpaired) electrons. The largest absolute Gasteiger partial charge is 0.390 e. The van der Waals surface area contributed by atoms with Gasteiger partial charge in [0.15, 0.2) is 0 Å². The van der Waals surface area contributed by atoms with E-state index in [4.69, 9.17) is 0 Å². The summed E-state index contributed by atoms with van der Waals surface area (Å²) in [7, 11) is 0. The lowest BCUT2D eigenvalue weighted by atomic mass is 9.88. The Morgan fingerprint density at radius 2 is 1.50 bits per heavy atom. The van der Waals surface area contributed by atoms with Gasteiger partial charge in [0.05, 0.1) is 12.2 Å². The van der Waals surface area contributed by atoms with Crippen LogP contribution in [0.3, 0.4) is 0 Å². The SMILES string of the molecule is CCCCCCC(CC)C(O)C(O)CCC. The third-order valence-corrected chi connectivity index (χ3v) is 3.41. The molecule has 0 heterocycles. The smallest absolute Gasteiger partial charge is 0.0827 e. The van der Waals surface area contributed by atoms with E-state index in [2.05, 4.69) is 13.8 Å². The normalized spacial score (nSPS) is 17.1. The Bertz CT molecular complexity index is 148. The van der Waals surface area contributed by atoms with E-state index in [0.717, 1.165) is 19.3 Å². The van der Waals surface area contributed by atoms with Crippen LogP contribution < -0.4 is 0 Å². The Kier molecular flexibility index (Phi) is 10.0. The molecule has 0 aromatic carbocycles. The molecule has 2 nitrogen and oxygen atoms in total. The molecule has 2 N–H and O–H groups in total. The Labute approximate surface area is 101 Å². The number of unbranched alkanes of at least 4 members (excludes halogenated alkanes) is 3. The summed E-state index contributed by atoms with van der Waals surface area (Å²) in [6.07, 6.45) is 7.59. The van der Waals surface area contributed by atoms with Crippen molar-refractivity contribution in [2.24, 2.45) is 5.92 Å². The highest BCUT2D eigenvalue weighted by atomic mass is 16.3. The van der Waals surface area contributed by atoms with Gasteiger partial charge in [-0.05, 0) is 18.8 Å². The molecule has 0 fully saturated rings. The third-order valence-electron chi connectivity index (χ3n) is 3.41. The molecule has 0 bridgehead atoms. The molecule has 0 spiro atoms. The van der Waals surface area contributed by atoms with Gasteiger partial charge in [0.2, 0.25) is 0 Å². The second-order valence-corrected chi connectivity index (χ2v) is 4.86. The van der Waals surface area contributed by atoms with Crippen molar-refractivity contribution >= 4 is 0 Å².